The van der Waals surface area contributed by atoms with E-state index in [1.165, 1.54) is 11.3 Å². The molecule has 2 aromatic rings. The van der Waals surface area contributed by atoms with E-state index in [1.54, 1.807) is 0 Å². The Labute approximate surface area is 149 Å². The molecule has 7 heteroatoms. The summed E-state index contributed by atoms with van der Waals surface area (Å²) in [5.41, 5.74) is 3.72. The van der Waals surface area contributed by atoms with Gasteiger partial charge in [0.1, 0.15) is 11.7 Å². The van der Waals surface area contributed by atoms with Crippen molar-refractivity contribution >= 4 is 11.8 Å². The van der Waals surface area contributed by atoms with Crippen LogP contribution in [0.4, 0.5) is 18.9 Å². The number of hydrogen-bond donors (Lipinski definition) is 2. The van der Waals surface area contributed by atoms with Crippen molar-refractivity contribution in [2.75, 3.05) is 12.4 Å². The molecule has 1 aliphatic carbocycles. The molecule has 1 aromatic heterocycles. The third kappa shape index (κ3) is 2.80. The van der Waals surface area contributed by atoms with E-state index < -0.39 is 17.5 Å². The van der Waals surface area contributed by atoms with E-state index in [9.17, 15) is 13.2 Å². The zero-order chi connectivity index (χ0) is 18.4. The Balaban J connectivity index is 1.67. The summed E-state index contributed by atoms with van der Waals surface area (Å²) in [5, 5.41) is 7.50. The first-order chi connectivity index (χ1) is 12.5. The third-order valence-corrected chi connectivity index (χ3v) is 5.37. The highest BCUT2D eigenvalue weighted by molar-refractivity contribution is 5.47. The van der Waals surface area contributed by atoms with Crippen LogP contribution >= 0.6 is 0 Å². The van der Waals surface area contributed by atoms with Crippen molar-refractivity contribution in [3.63, 3.8) is 0 Å². The van der Waals surface area contributed by atoms with Crippen LogP contribution in [0, 0.1) is 17.5 Å². The topological polar surface area (TPSA) is 41.4 Å². The third-order valence-electron chi connectivity index (χ3n) is 5.37. The number of fused-ring (bicyclic) bond motifs is 3. The average Bonchev–Trinajstić information content (AvgIpc) is 2.91. The first kappa shape index (κ1) is 17.1. The SMILES string of the molecule is CNC1CCc2c(c3c(n2C)=NC(Nc2cc(F)c(F)c(F)c2)CC=3)C1. The van der Waals surface area contributed by atoms with Crippen molar-refractivity contribution in [1.29, 1.82) is 0 Å². The van der Waals surface area contributed by atoms with Gasteiger partial charge in [-0.25, -0.2) is 18.2 Å². The molecule has 0 fully saturated rings. The predicted molar refractivity (Wildman–Crippen MR) is 93.9 cm³/mol. The predicted octanol–water partition coefficient (Wildman–Crippen LogP) is 1.76. The van der Waals surface area contributed by atoms with Gasteiger partial charge in [0.25, 0.3) is 0 Å². The van der Waals surface area contributed by atoms with E-state index in [4.69, 9.17) is 4.99 Å². The van der Waals surface area contributed by atoms with E-state index in [-0.39, 0.29) is 11.9 Å². The number of nitrogens with one attached hydrogen (secondary N) is 2. The smallest absolute Gasteiger partial charge is 0.194 e. The fraction of sp³-hybridized carbons (Fsp3) is 0.421. The largest absolute Gasteiger partial charge is 0.363 e. The van der Waals surface area contributed by atoms with Gasteiger partial charge in [0.2, 0.25) is 0 Å². The van der Waals surface area contributed by atoms with Crippen LogP contribution in [0.2, 0.25) is 0 Å². The van der Waals surface area contributed by atoms with E-state index in [0.29, 0.717) is 12.5 Å². The lowest BCUT2D eigenvalue weighted by Gasteiger charge is -2.22. The molecule has 1 aromatic carbocycles. The van der Waals surface area contributed by atoms with E-state index in [0.717, 1.165) is 42.1 Å². The summed E-state index contributed by atoms with van der Waals surface area (Å²) >= 11 is 0. The summed E-state index contributed by atoms with van der Waals surface area (Å²) in [5.74, 6) is -3.87. The van der Waals surface area contributed by atoms with Crippen molar-refractivity contribution in [2.45, 2.75) is 37.9 Å². The molecule has 4 rings (SSSR count). The van der Waals surface area contributed by atoms with Crippen LogP contribution in [-0.2, 0) is 19.9 Å². The molecule has 0 bridgehead atoms. The number of hydrogen-bond acceptors (Lipinski definition) is 3. The standard InChI is InChI=1S/C19H21F3N4/c1-23-10-3-5-16-13(7-10)12-4-6-17(25-19(12)26(16)2)24-11-8-14(20)18(22)15(21)9-11/h4,8-10,17,23-24H,3,5-7H2,1-2H3. The van der Waals surface area contributed by atoms with Gasteiger partial charge in [-0.05, 0) is 31.9 Å². The van der Waals surface area contributed by atoms with Gasteiger partial charge in [-0.2, -0.15) is 0 Å². The van der Waals surface area contributed by atoms with Crippen LogP contribution in [-0.4, -0.2) is 23.8 Å². The summed E-state index contributed by atoms with van der Waals surface area (Å²) in [6.45, 7) is 0. The second kappa shape index (κ2) is 6.46. The number of benzene rings is 1. The van der Waals surface area contributed by atoms with E-state index in [1.807, 2.05) is 14.1 Å². The van der Waals surface area contributed by atoms with Crippen LogP contribution in [0.15, 0.2) is 17.1 Å². The Kier molecular flexibility index (Phi) is 4.26. The van der Waals surface area contributed by atoms with Crippen molar-refractivity contribution in [1.82, 2.24) is 9.88 Å². The summed E-state index contributed by atoms with van der Waals surface area (Å²) in [6.07, 6.45) is 5.47. The van der Waals surface area contributed by atoms with Crippen LogP contribution < -0.4 is 21.3 Å². The zero-order valence-corrected chi connectivity index (χ0v) is 14.7. The van der Waals surface area contributed by atoms with Gasteiger partial charge in [-0.1, -0.05) is 6.08 Å². The maximum atomic E-state index is 13.4. The molecule has 2 N–H and O–H groups in total. The molecule has 0 spiro atoms. The zero-order valence-electron chi connectivity index (χ0n) is 14.7. The molecule has 1 aliphatic heterocycles. The molecule has 4 nitrogen and oxygen atoms in total. The molecular weight excluding hydrogens is 341 g/mol. The van der Waals surface area contributed by atoms with Gasteiger partial charge in [0.15, 0.2) is 17.5 Å². The Morgan fingerprint density at radius 1 is 1.19 bits per heavy atom. The Hall–Kier alpha value is -2.28. The number of nitrogens with zero attached hydrogens (tertiary/aromatic N) is 2. The van der Waals surface area contributed by atoms with Gasteiger partial charge in [0, 0.05) is 48.2 Å². The summed E-state index contributed by atoms with van der Waals surface area (Å²) in [7, 11) is 3.99. The van der Waals surface area contributed by atoms with Crippen LogP contribution in [0.1, 0.15) is 24.1 Å². The molecule has 0 radical (unpaired) electrons. The van der Waals surface area contributed by atoms with Gasteiger partial charge in [0.05, 0.1) is 0 Å². The first-order valence-electron chi connectivity index (χ1n) is 8.80. The fourth-order valence-corrected chi connectivity index (χ4v) is 3.98. The van der Waals surface area contributed by atoms with Gasteiger partial charge >= 0.3 is 0 Å². The number of aromatic nitrogens is 1. The minimum Gasteiger partial charge on any atom is -0.363 e. The lowest BCUT2D eigenvalue weighted by atomic mass is 9.92. The van der Waals surface area contributed by atoms with E-state index >= 15 is 0 Å². The summed E-state index contributed by atoms with van der Waals surface area (Å²) < 4.78 is 42.1. The maximum Gasteiger partial charge on any atom is 0.194 e. The molecular formula is C19H21F3N4. The lowest BCUT2D eigenvalue weighted by Crippen LogP contribution is -2.38. The minimum atomic E-state index is -1.46. The summed E-state index contributed by atoms with van der Waals surface area (Å²) in [6, 6.07) is 2.39. The number of halogens is 3. The summed E-state index contributed by atoms with van der Waals surface area (Å²) in [4.78, 5) is 4.74. The van der Waals surface area contributed by atoms with Crippen molar-refractivity contribution in [3.05, 3.63) is 51.5 Å². The normalized spacial score (nSPS) is 21.4. The number of rotatable bonds is 3. The highest BCUT2D eigenvalue weighted by atomic mass is 19.2. The number of likely N-dealkylation sites (N-methyl/N-ethyl adjacent to an activating group) is 1. The second-order valence-electron chi connectivity index (χ2n) is 6.93. The van der Waals surface area contributed by atoms with Gasteiger partial charge in [-0.15, -0.1) is 0 Å². The molecule has 26 heavy (non-hydrogen) atoms. The van der Waals surface area contributed by atoms with Gasteiger partial charge in [-0.3, -0.25) is 0 Å². The average molecular weight is 362 g/mol. The molecule has 0 amide bonds. The van der Waals surface area contributed by atoms with Crippen LogP contribution in [0.3, 0.4) is 0 Å². The number of anilines is 1. The van der Waals surface area contributed by atoms with Crippen LogP contribution in [0.25, 0.3) is 6.08 Å². The Bertz CT molecular complexity index is 957. The van der Waals surface area contributed by atoms with E-state index in [2.05, 4.69) is 21.3 Å². The second-order valence-corrected chi connectivity index (χ2v) is 6.93. The van der Waals surface area contributed by atoms with Gasteiger partial charge < -0.3 is 15.2 Å². The van der Waals surface area contributed by atoms with Crippen molar-refractivity contribution < 1.29 is 13.2 Å². The monoisotopic (exact) mass is 362 g/mol. The molecule has 0 saturated carbocycles. The lowest BCUT2D eigenvalue weighted by molar-refractivity contribution is 0.447. The highest BCUT2D eigenvalue weighted by Crippen LogP contribution is 2.21. The maximum absolute atomic E-state index is 13.4. The molecule has 2 heterocycles. The van der Waals surface area contributed by atoms with Crippen molar-refractivity contribution in [2.24, 2.45) is 12.0 Å². The molecule has 0 saturated heterocycles. The molecule has 2 unspecified atom stereocenters. The molecule has 2 aliphatic rings. The molecule has 138 valence electrons. The minimum absolute atomic E-state index is 0.182. The van der Waals surface area contributed by atoms with Crippen LogP contribution in [0.5, 0.6) is 0 Å². The first-order valence-corrected chi connectivity index (χ1v) is 8.80. The highest BCUT2D eigenvalue weighted by Gasteiger charge is 2.24. The molecule has 2 atom stereocenters. The fourth-order valence-electron chi connectivity index (χ4n) is 3.98. The van der Waals surface area contributed by atoms with Crippen molar-refractivity contribution in [3.8, 4) is 0 Å². The quantitative estimate of drug-likeness (QED) is 0.817. The Morgan fingerprint density at radius 3 is 2.62 bits per heavy atom. The Morgan fingerprint density at radius 2 is 1.92 bits per heavy atom.